The maximum atomic E-state index is 12.7. The molecule has 2 aromatic carbocycles. The molecule has 0 saturated heterocycles. The Balaban J connectivity index is 1.99. The number of halogens is 3. The number of nitrogens with one attached hydrogen (secondary N) is 1. The van der Waals surface area contributed by atoms with Crippen molar-refractivity contribution < 1.29 is 32.9 Å². The minimum Gasteiger partial charge on any atom is -0.504 e. The zero-order valence-corrected chi connectivity index (χ0v) is 14.6. The van der Waals surface area contributed by atoms with Gasteiger partial charge in [0.1, 0.15) is 0 Å². The van der Waals surface area contributed by atoms with Crippen molar-refractivity contribution in [1.82, 2.24) is 5.32 Å². The lowest BCUT2D eigenvalue weighted by Crippen LogP contribution is -2.32. The van der Waals surface area contributed by atoms with Gasteiger partial charge >= 0.3 is 6.18 Å². The number of rotatable bonds is 7. The number of amides is 1. The van der Waals surface area contributed by atoms with Gasteiger partial charge < -0.3 is 20.3 Å². The van der Waals surface area contributed by atoms with E-state index in [2.05, 4.69) is 5.32 Å². The Bertz CT molecular complexity index is 793. The Morgan fingerprint density at radius 1 is 1.22 bits per heavy atom. The number of ether oxygens (including phenoxy) is 1. The van der Waals surface area contributed by atoms with Gasteiger partial charge in [0.05, 0.1) is 12.7 Å². The third-order valence-electron chi connectivity index (χ3n) is 4.03. The molecule has 0 aromatic heterocycles. The lowest BCUT2D eigenvalue weighted by atomic mass is 9.99. The first-order valence-corrected chi connectivity index (χ1v) is 8.16. The highest BCUT2D eigenvalue weighted by molar-refractivity contribution is 5.94. The number of hydrogen-bond donors (Lipinski definition) is 3. The van der Waals surface area contributed by atoms with Crippen molar-refractivity contribution in [2.24, 2.45) is 5.92 Å². The van der Waals surface area contributed by atoms with E-state index >= 15 is 0 Å². The van der Waals surface area contributed by atoms with Crippen LogP contribution in [0, 0.1) is 5.92 Å². The van der Waals surface area contributed by atoms with Crippen LogP contribution in [-0.4, -0.2) is 36.4 Å². The monoisotopic (exact) mass is 383 g/mol. The molecule has 0 spiro atoms. The summed E-state index contributed by atoms with van der Waals surface area (Å²) >= 11 is 0. The lowest BCUT2D eigenvalue weighted by Gasteiger charge is -2.16. The number of benzene rings is 2. The van der Waals surface area contributed by atoms with Crippen molar-refractivity contribution in [2.45, 2.75) is 12.6 Å². The molecule has 0 aliphatic carbocycles. The van der Waals surface area contributed by atoms with Gasteiger partial charge in [0, 0.05) is 24.6 Å². The van der Waals surface area contributed by atoms with E-state index in [4.69, 9.17) is 4.74 Å². The third kappa shape index (κ3) is 5.62. The molecule has 0 heterocycles. The van der Waals surface area contributed by atoms with Crippen LogP contribution in [0.1, 0.15) is 21.5 Å². The number of carbonyl (C=O) groups excluding carboxylic acids is 1. The van der Waals surface area contributed by atoms with E-state index in [9.17, 15) is 28.2 Å². The summed E-state index contributed by atoms with van der Waals surface area (Å²) < 4.78 is 43.2. The molecule has 0 fully saturated rings. The predicted molar refractivity (Wildman–Crippen MR) is 92.7 cm³/mol. The molecule has 0 bridgehead atoms. The molecule has 0 aliphatic rings. The third-order valence-corrected chi connectivity index (χ3v) is 4.03. The molecular formula is C19H20F3NO4. The highest BCUT2D eigenvalue weighted by atomic mass is 19.4. The van der Waals surface area contributed by atoms with E-state index in [0.717, 1.165) is 17.7 Å². The number of phenols is 1. The Kier molecular flexibility index (Phi) is 6.68. The largest absolute Gasteiger partial charge is 0.504 e. The average Bonchev–Trinajstić information content (AvgIpc) is 2.64. The summed E-state index contributed by atoms with van der Waals surface area (Å²) in [6, 6.07) is 8.93. The summed E-state index contributed by atoms with van der Waals surface area (Å²) in [6.07, 6.45) is -4.17. The number of phenolic OH excluding ortho intramolecular Hbond substituents is 1. The van der Waals surface area contributed by atoms with E-state index in [-0.39, 0.29) is 30.4 Å². The molecule has 8 heteroatoms. The molecule has 0 saturated carbocycles. The standard InChI is InChI=1S/C19H20F3NO4/c1-27-17-6-5-12(8-16(17)25)7-13(11-24)10-23-18(26)14-3-2-4-15(9-14)19(20,21)22/h2-6,8-9,13,24-25H,7,10-11H2,1H3,(H,23,26)/t13-/m1/s1. The smallest absolute Gasteiger partial charge is 0.416 e. The molecule has 146 valence electrons. The highest BCUT2D eigenvalue weighted by Gasteiger charge is 2.30. The first-order chi connectivity index (χ1) is 12.7. The highest BCUT2D eigenvalue weighted by Crippen LogP contribution is 2.29. The van der Waals surface area contributed by atoms with Crippen molar-refractivity contribution >= 4 is 5.91 Å². The van der Waals surface area contributed by atoms with Crippen LogP contribution in [0.15, 0.2) is 42.5 Å². The van der Waals surface area contributed by atoms with Crippen LogP contribution in [0.3, 0.4) is 0 Å². The zero-order valence-electron chi connectivity index (χ0n) is 14.6. The second kappa shape index (κ2) is 8.77. The van der Waals surface area contributed by atoms with Crippen LogP contribution in [0.4, 0.5) is 13.2 Å². The van der Waals surface area contributed by atoms with Crippen molar-refractivity contribution in [3.05, 3.63) is 59.2 Å². The van der Waals surface area contributed by atoms with E-state index in [1.165, 1.54) is 25.3 Å². The van der Waals surface area contributed by atoms with Crippen LogP contribution in [0.2, 0.25) is 0 Å². The van der Waals surface area contributed by atoms with Gasteiger partial charge in [-0.25, -0.2) is 0 Å². The summed E-state index contributed by atoms with van der Waals surface area (Å²) in [5.41, 5.74) is -0.285. The molecule has 5 nitrogen and oxygen atoms in total. The fourth-order valence-corrected chi connectivity index (χ4v) is 2.57. The van der Waals surface area contributed by atoms with Crippen molar-refractivity contribution in [2.75, 3.05) is 20.3 Å². The molecule has 27 heavy (non-hydrogen) atoms. The predicted octanol–water partition coefficient (Wildman–Crippen LogP) is 3.00. The van der Waals surface area contributed by atoms with Gasteiger partial charge in [-0.3, -0.25) is 4.79 Å². The molecule has 0 unspecified atom stereocenters. The lowest BCUT2D eigenvalue weighted by molar-refractivity contribution is -0.137. The van der Waals surface area contributed by atoms with Gasteiger partial charge in [-0.2, -0.15) is 13.2 Å². The van der Waals surface area contributed by atoms with Crippen LogP contribution < -0.4 is 10.1 Å². The fraction of sp³-hybridized carbons (Fsp3) is 0.316. The van der Waals surface area contributed by atoms with Crippen molar-refractivity contribution in [3.63, 3.8) is 0 Å². The zero-order chi connectivity index (χ0) is 20.0. The SMILES string of the molecule is COc1ccc(C[C@@H](CO)CNC(=O)c2cccc(C(F)(F)F)c2)cc1O. The van der Waals surface area contributed by atoms with Crippen LogP contribution in [-0.2, 0) is 12.6 Å². The van der Waals surface area contributed by atoms with E-state index in [1.807, 2.05) is 0 Å². The Labute approximate surface area is 154 Å². The second-order valence-electron chi connectivity index (χ2n) is 6.05. The van der Waals surface area contributed by atoms with E-state index < -0.39 is 17.6 Å². The van der Waals surface area contributed by atoms with Crippen LogP contribution in [0.5, 0.6) is 11.5 Å². The maximum absolute atomic E-state index is 12.7. The molecule has 0 radical (unpaired) electrons. The maximum Gasteiger partial charge on any atom is 0.416 e. The number of aliphatic hydroxyl groups excluding tert-OH is 1. The van der Waals surface area contributed by atoms with Crippen LogP contribution >= 0.6 is 0 Å². The Hall–Kier alpha value is -2.74. The summed E-state index contributed by atoms with van der Waals surface area (Å²) in [5.74, 6) is -0.749. The number of aliphatic hydroxyl groups is 1. The summed E-state index contributed by atoms with van der Waals surface area (Å²) in [7, 11) is 1.43. The van der Waals surface area contributed by atoms with Gasteiger partial charge in [-0.05, 0) is 42.3 Å². The minimum atomic E-state index is -4.53. The first kappa shape index (κ1) is 20.6. The number of aromatic hydroxyl groups is 1. The molecule has 0 aliphatic heterocycles. The Morgan fingerprint density at radius 2 is 1.96 bits per heavy atom. The number of alkyl halides is 3. The van der Waals surface area contributed by atoms with E-state index in [1.54, 1.807) is 12.1 Å². The van der Waals surface area contributed by atoms with Gasteiger partial charge in [0.15, 0.2) is 11.5 Å². The molecule has 2 aromatic rings. The van der Waals surface area contributed by atoms with Crippen LogP contribution in [0.25, 0.3) is 0 Å². The van der Waals surface area contributed by atoms with E-state index in [0.29, 0.717) is 12.2 Å². The number of carbonyl (C=O) groups is 1. The molecular weight excluding hydrogens is 363 g/mol. The molecule has 1 amide bonds. The second-order valence-corrected chi connectivity index (χ2v) is 6.05. The number of methoxy groups -OCH3 is 1. The number of hydrogen-bond acceptors (Lipinski definition) is 4. The summed E-state index contributed by atoms with van der Waals surface area (Å²) in [4.78, 5) is 12.1. The Morgan fingerprint density at radius 3 is 2.56 bits per heavy atom. The quantitative estimate of drug-likeness (QED) is 0.687. The molecule has 3 N–H and O–H groups in total. The van der Waals surface area contributed by atoms with Crippen molar-refractivity contribution in [3.8, 4) is 11.5 Å². The van der Waals surface area contributed by atoms with Crippen molar-refractivity contribution in [1.29, 1.82) is 0 Å². The average molecular weight is 383 g/mol. The summed E-state index contributed by atoms with van der Waals surface area (Å²) in [5, 5.41) is 21.8. The topological polar surface area (TPSA) is 78.8 Å². The minimum absolute atomic E-state index is 0.0420. The molecule has 2 rings (SSSR count). The van der Waals surface area contributed by atoms with Gasteiger partial charge in [-0.1, -0.05) is 12.1 Å². The normalized spacial score (nSPS) is 12.5. The van der Waals surface area contributed by atoms with Gasteiger partial charge in [0.25, 0.3) is 5.91 Å². The van der Waals surface area contributed by atoms with Gasteiger partial charge in [-0.15, -0.1) is 0 Å². The molecule has 1 atom stereocenters. The summed E-state index contributed by atoms with van der Waals surface area (Å²) in [6.45, 7) is -0.173. The van der Waals surface area contributed by atoms with Gasteiger partial charge in [0.2, 0.25) is 0 Å². The fourth-order valence-electron chi connectivity index (χ4n) is 2.57. The first-order valence-electron chi connectivity index (χ1n) is 8.16.